The smallest absolute Gasteiger partial charge is 0.101 e. The van der Waals surface area contributed by atoms with Crippen molar-refractivity contribution in [3.63, 3.8) is 0 Å². The number of hydrogen-bond donors (Lipinski definition) is 2. The van der Waals surface area contributed by atoms with E-state index in [1.165, 1.54) is 29.5 Å². The third-order valence-corrected chi connectivity index (χ3v) is 7.38. The van der Waals surface area contributed by atoms with Gasteiger partial charge in [0.05, 0.1) is 5.60 Å². The van der Waals surface area contributed by atoms with Crippen LogP contribution in [0.15, 0.2) is 48.5 Å². The molecule has 28 heavy (non-hydrogen) atoms. The van der Waals surface area contributed by atoms with Crippen LogP contribution in [0.25, 0.3) is 0 Å². The van der Waals surface area contributed by atoms with E-state index in [0.717, 1.165) is 38.2 Å². The van der Waals surface area contributed by atoms with Crippen LogP contribution in [-0.2, 0) is 23.2 Å². The van der Waals surface area contributed by atoms with Gasteiger partial charge in [0.2, 0.25) is 0 Å². The van der Waals surface area contributed by atoms with Crippen LogP contribution in [0.1, 0.15) is 29.5 Å². The number of benzene rings is 2. The molecule has 2 bridgehead atoms. The predicted molar refractivity (Wildman–Crippen MR) is 111 cm³/mol. The van der Waals surface area contributed by atoms with E-state index in [4.69, 9.17) is 10.5 Å². The minimum absolute atomic E-state index is 0.243. The van der Waals surface area contributed by atoms with Gasteiger partial charge in [-0.1, -0.05) is 36.4 Å². The number of nitrogen functional groups attached to an aromatic ring is 1. The Kier molecular flexibility index (Phi) is 4.27. The highest BCUT2D eigenvalue weighted by Gasteiger charge is 2.56. The molecule has 0 radical (unpaired) electrons. The number of fused-ring (bicyclic) bond motifs is 3. The van der Waals surface area contributed by atoms with Crippen molar-refractivity contribution < 1.29 is 9.84 Å². The molecule has 0 spiro atoms. The number of anilines is 1. The molecule has 3 N–H and O–H groups in total. The quantitative estimate of drug-likeness (QED) is 0.803. The monoisotopic (exact) mass is 378 g/mol. The van der Waals surface area contributed by atoms with Crippen LogP contribution in [0.3, 0.4) is 0 Å². The summed E-state index contributed by atoms with van der Waals surface area (Å²) in [5, 5.41) is 11.3. The zero-order chi connectivity index (χ0) is 19.4. The molecule has 148 valence electrons. The minimum Gasteiger partial charge on any atom is -0.399 e. The number of piperidine rings is 1. The molecule has 2 aromatic carbocycles. The van der Waals surface area contributed by atoms with Crippen LogP contribution in [0, 0.1) is 11.8 Å². The zero-order valence-electron chi connectivity index (χ0n) is 16.6. The van der Waals surface area contributed by atoms with Gasteiger partial charge in [0.1, 0.15) is 5.60 Å². The second-order valence-electron chi connectivity index (χ2n) is 9.13. The Hall–Kier alpha value is -1.88. The second kappa shape index (κ2) is 6.58. The number of methoxy groups -OCH3 is 1. The lowest BCUT2D eigenvalue weighted by Gasteiger charge is -2.48. The van der Waals surface area contributed by atoms with Gasteiger partial charge in [0, 0.05) is 57.1 Å². The van der Waals surface area contributed by atoms with Gasteiger partial charge in [0.15, 0.2) is 0 Å². The maximum absolute atomic E-state index is 11.3. The van der Waals surface area contributed by atoms with Crippen molar-refractivity contribution in [2.24, 2.45) is 11.8 Å². The minimum atomic E-state index is -0.645. The Balaban J connectivity index is 1.36. The lowest BCUT2D eigenvalue weighted by atomic mass is 9.74. The summed E-state index contributed by atoms with van der Waals surface area (Å²) in [6.07, 6.45) is 3.87. The molecule has 4 nitrogen and oxygen atoms in total. The number of hydrogen-bond acceptors (Lipinski definition) is 4. The average Bonchev–Trinajstić information content (AvgIpc) is 3.10. The standard InChI is InChI=1S/C24H30N2O2/c1-28-24(19-7-4-8-22(25)11-19)20-9-10-21(24)15-26(14-20)16-23(27)12-17-5-2-3-6-18(17)13-23/h2-8,11,20-21,27H,9-10,12-16,25H2,1H3. The molecule has 1 saturated heterocycles. The van der Waals surface area contributed by atoms with Gasteiger partial charge < -0.3 is 15.6 Å². The second-order valence-corrected chi connectivity index (χ2v) is 9.13. The molecule has 1 saturated carbocycles. The van der Waals surface area contributed by atoms with E-state index >= 15 is 0 Å². The van der Waals surface area contributed by atoms with Gasteiger partial charge in [-0.15, -0.1) is 0 Å². The number of aliphatic hydroxyl groups is 1. The molecule has 2 atom stereocenters. The molecule has 1 heterocycles. The highest BCUT2D eigenvalue weighted by Crippen LogP contribution is 2.54. The van der Waals surface area contributed by atoms with Gasteiger partial charge in [-0.05, 0) is 41.7 Å². The Morgan fingerprint density at radius 2 is 1.68 bits per heavy atom. The van der Waals surface area contributed by atoms with Gasteiger partial charge in [-0.3, -0.25) is 4.90 Å². The van der Waals surface area contributed by atoms with Gasteiger partial charge in [-0.2, -0.15) is 0 Å². The van der Waals surface area contributed by atoms with E-state index < -0.39 is 5.60 Å². The molecule has 4 heteroatoms. The Morgan fingerprint density at radius 3 is 2.25 bits per heavy atom. The lowest BCUT2D eigenvalue weighted by Crippen LogP contribution is -2.56. The summed E-state index contributed by atoms with van der Waals surface area (Å²) >= 11 is 0. The molecule has 0 aromatic heterocycles. The summed E-state index contributed by atoms with van der Waals surface area (Å²) in [6.45, 7) is 2.68. The third-order valence-electron chi connectivity index (χ3n) is 7.38. The van der Waals surface area contributed by atoms with Crippen LogP contribution in [0.5, 0.6) is 0 Å². The first-order valence-corrected chi connectivity index (χ1v) is 10.5. The molecular weight excluding hydrogens is 348 g/mol. The fourth-order valence-corrected chi connectivity index (χ4v) is 6.35. The van der Waals surface area contributed by atoms with Crippen molar-refractivity contribution in [2.75, 3.05) is 32.5 Å². The number of rotatable bonds is 4. The van der Waals surface area contributed by atoms with Crippen molar-refractivity contribution in [1.29, 1.82) is 0 Å². The molecule has 3 aliphatic rings. The van der Waals surface area contributed by atoms with E-state index in [2.05, 4.69) is 41.3 Å². The average molecular weight is 379 g/mol. The summed E-state index contributed by atoms with van der Waals surface area (Å²) in [5.74, 6) is 0.871. The summed E-state index contributed by atoms with van der Waals surface area (Å²) in [5.41, 5.74) is 9.82. The van der Waals surface area contributed by atoms with E-state index in [1.54, 1.807) is 0 Å². The van der Waals surface area contributed by atoms with Crippen LogP contribution in [0.2, 0.25) is 0 Å². The number of nitrogens with zero attached hydrogens (tertiary/aromatic N) is 1. The summed E-state index contributed by atoms with van der Waals surface area (Å²) < 4.78 is 6.26. The number of likely N-dealkylation sites (tertiary alicyclic amines) is 1. The molecular formula is C24H30N2O2. The Bertz CT molecular complexity index is 841. The van der Waals surface area contributed by atoms with Crippen molar-refractivity contribution in [1.82, 2.24) is 4.90 Å². The lowest BCUT2D eigenvalue weighted by molar-refractivity contribution is -0.128. The van der Waals surface area contributed by atoms with Crippen LogP contribution >= 0.6 is 0 Å². The summed E-state index contributed by atoms with van der Waals surface area (Å²) in [6, 6.07) is 16.7. The van der Waals surface area contributed by atoms with E-state index in [0.29, 0.717) is 11.8 Å². The molecule has 2 aromatic rings. The van der Waals surface area contributed by atoms with Crippen molar-refractivity contribution in [3.8, 4) is 0 Å². The Labute approximate surface area is 167 Å². The van der Waals surface area contributed by atoms with Crippen LogP contribution < -0.4 is 5.73 Å². The van der Waals surface area contributed by atoms with Crippen molar-refractivity contribution in [3.05, 3.63) is 65.2 Å². The first-order valence-electron chi connectivity index (χ1n) is 10.5. The first kappa shape index (κ1) is 18.2. The molecule has 2 unspecified atom stereocenters. The first-order chi connectivity index (χ1) is 13.5. The summed E-state index contributed by atoms with van der Waals surface area (Å²) in [7, 11) is 1.85. The SMILES string of the molecule is COC1(c2cccc(N)c2)C2CCC1CN(CC1(O)Cc3ccccc3C1)C2. The number of β-amino-alcohol motifs (C(OH)–C–C–N with tert-alkyl or cyclic N) is 1. The van der Waals surface area contributed by atoms with Crippen LogP contribution in [-0.4, -0.2) is 42.4 Å². The van der Waals surface area contributed by atoms with Gasteiger partial charge >= 0.3 is 0 Å². The molecule has 5 rings (SSSR count). The normalized spacial score (nSPS) is 31.1. The summed E-state index contributed by atoms with van der Waals surface area (Å²) in [4.78, 5) is 2.48. The number of ether oxygens (including phenoxy) is 1. The fourth-order valence-electron chi connectivity index (χ4n) is 6.35. The Morgan fingerprint density at radius 1 is 1.04 bits per heavy atom. The van der Waals surface area contributed by atoms with Crippen molar-refractivity contribution >= 4 is 5.69 Å². The van der Waals surface area contributed by atoms with Crippen LogP contribution in [0.4, 0.5) is 5.69 Å². The van der Waals surface area contributed by atoms with E-state index in [1.807, 2.05) is 19.2 Å². The third kappa shape index (κ3) is 2.78. The van der Waals surface area contributed by atoms with Crippen molar-refractivity contribution in [2.45, 2.75) is 36.9 Å². The fraction of sp³-hybridized carbons (Fsp3) is 0.500. The topological polar surface area (TPSA) is 58.7 Å². The maximum atomic E-state index is 11.3. The predicted octanol–water partition coefficient (Wildman–Crippen LogP) is 2.98. The zero-order valence-corrected chi connectivity index (χ0v) is 16.6. The van der Waals surface area contributed by atoms with E-state index in [9.17, 15) is 5.11 Å². The van der Waals surface area contributed by atoms with Gasteiger partial charge in [-0.25, -0.2) is 0 Å². The molecule has 2 aliphatic carbocycles. The highest BCUT2D eigenvalue weighted by atomic mass is 16.5. The highest BCUT2D eigenvalue weighted by molar-refractivity contribution is 5.44. The van der Waals surface area contributed by atoms with E-state index in [-0.39, 0.29) is 5.60 Å². The molecule has 2 fully saturated rings. The maximum Gasteiger partial charge on any atom is 0.101 e. The van der Waals surface area contributed by atoms with Gasteiger partial charge in [0.25, 0.3) is 0 Å². The molecule has 0 amide bonds. The largest absolute Gasteiger partial charge is 0.399 e. The molecule has 1 aliphatic heterocycles. The number of nitrogens with two attached hydrogens (primary N) is 1.